The molecule has 18 heavy (non-hydrogen) atoms. The number of hydrogen-bond donors (Lipinski definition) is 0. The summed E-state index contributed by atoms with van der Waals surface area (Å²) in [5.41, 5.74) is 0.415. The minimum atomic E-state index is -4.42. The molecule has 0 saturated carbocycles. The summed E-state index contributed by atoms with van der Waals surface area (Å²) in [4.78, 5) is 13.1. The fourth-order valence-electron chi connectivity index (χ4n) is 2.25. The van der Waals surface area contributed by atoms with Crippen LogP contribution in [-0.4, -0.2) is 17.9 Å². The van der Waals surface area contributed by atoms with Gasteiger partial charge < -0.3 is 4.90 Å². The Morgan fingerprint density at radius 1 is 1.28 bits per heavy atom. The van der Waals surface area contributed by atoms with Crippen molar-refractivity contribution in [2.75, 3.05) is 7.05 Å². The molecule has 1 amide bonds. The molecule has 0 N–H and O–H groups in total. The molecule has 1 aromatic carbocycles. The summed E-state index contributed by atoms with van der Waals surface area (Å²) < 4.78 is 38.9. The van der Waals surface area contributed by atoms with Crippen LogP contribution >= 0.6 is 0 Å². The highest BCUT2D eigenvalue weighted by molar-refractivity contribution is 5.98. The largest absolute Gasteiger partial charge is 0.416 e. The molecule has 0 spiro atoms. The molecule has 98 valence electrons. The zero-order chi connectivity index (χ0) is 13.7. The summed E-state index contributed by atoms with van der Waals surface area (Å²) in [5.74, 6) is -0.571. The van der Waals surface area contributed by atoms with Gasteiger partial charge in [0.1, 0.15) is 0 Å². The van der Waals surface area contributed by atoms with Crippen molar-refractivity contribution in [3.05, 3.63) is 34.4 Å². The third-order valence-electron chi connectivity index (χ3n) is 3.19. The van der Waals surface area contributed by atoms with Crippen molar-refractivity contribution in [3.63, 3.8) is 0 Å². The number of nitrogens with zero attached hydrogens (tertiary/aromatic N) is 1. The summed E-state index contributed by atoms with van der Waals surface area (Å²) in [6.07, 6.45) is -4.42. The molecular weight excluding hydrogens is 243 g/mol. The number of carbonyl (C=O) groups is 1. The van der Waals surface area contributed by atoms with Gasteiger partial charge in [0.15, 0.2) is 0 Å². The molecule has 5 heteroatoms. The summed E-state index contributed by atoms with van der Waals surface area (Å²) in [7, 11) is 1.59. The minimum Gasteiger partial charge on any atom is -0.337 e. The molecule has 0 saturated heterocycles. The van der Waals surface area contributed by atoms with Crippen molar-refractivity contribution in [1.82, 2.24) is 4.90 Å². The first-order chi connectivity index (χ1) is 8.21. The number of carbonyl (C=O) groups excluding carboxylic acids is 1. The second-order valence-electron chi connectivity index (χ2n) is 4.91. The predicted octanol–water partition coefficient (Wildman–Crippen LogP) is 3.41. The molecule has 1 aliphatic heterocycles. The summed E-state index contributed by atoms with van der Waals surface area (Å²) in [6, 6.07) is 2.51. The van der Waals surface area contributed by atoms with Gasteiger partial charge in [0.2, 0.25) is 0 Å². The quantitative estimate of drug-likeness (QED) is 0.755. The molecule has 1 heterocycles. The van der Waals surface area contributed by atoms with E-state index in [1.165, 1.54) is 11.0 Å². The van der Waals surface area contributed by atoms with E-state index in [1.807, 2.05) is 0 Å². The topological polar surface area (TPSA) is 20.3 Å². The number of alkyl halides is 3. The SMILES string of the molecule is CC(C)c1cc2c(cc1C(F)(F)F)C(=O)N(C)C2. The van der Waals surface area contributed by atoms with E-state index in [0.717, 1.165) is 6.07 Å². The molecule has 1 aromatic rings. The van der Waals surface area contributed by atoms with E-state index in [0.29, 0.717) is 12.1 Å². The van der Waals surface area contributed by atoms with Crippen molar-refractivity contribution in [2.24, 2.45) is 0 Å². The van der Waals surface area contributed by atoms with Crippen LogP contribution < -0.4 is 0 Å². The van der Waals surface area contributed by atoms with Crippen LogP contribution in [0.2, 0.25) is 0 Å². The Morgan fingerprint density at radius 2 is 1.89 bits per heavy atom. The average molecular weight is 257 g/mol. The van der Waals surface area contributed by atoms with Crippen LogP contribution in [0.15, 0.2) is 12.1 Å². The van der Waals surface area contributed by atoms with Crippen LogP contribution in [0, 0.1) is 0 Å². The van der Waals surface area contributed by atoms with Gasteiger partial charge in [-0.2, -0.15) is 13.2 Å². The molecule has 0 bridgehead atoms. The highest BCUT2D eigenvalue weighted by atomic mass is 19.4. The summed E-state index contributed by atoms with van der Waals surface area (Å²) >= 11 is 0. The van der Waals surface area contributed by atoms with Gasteiger partial charge in [-0.05, 0) is 23.1 Å². The number of rotatable bonds is 1. The standard InChI is InChI=1S/C13H14F3NO/c1-7(2)9-4-8-6-17(3)12(18)10(8)5-11(9)13(14,15)16/h4-5,7H,6H2,1-3H3. The van der Waals surface area contributed by atoms with Crippen molar-refractivity contribution in [2.45, 2.75) is 32.5 Å². The smallest absolute Gasteiger partial charge is 0.337 e. The van der Waals surface area contributed by atoms with Crippen LogP contribution in [-0.2, 0) is 12.7 Å². The maximum atomic E-state index is 13.0. The predicted molar refractivity (Wildman–Crippen MR) is 61.3 cm³/mol. The lowest BCUT2D eigenvalue weighted by molar-refractivity contribution is -0.138. The molecule has 0 radical (unpaired) electrons. The lowest BCUT2D eigenvalue weighted by Crippen LogP contribution is -2.18. The second-order valence-corrected chi connectivity index (χ2v) is 4.91. The molecule has 0 unspecified atom stereocenters. The Bertz CT molecular complexity index is 506. The van der Waals surface area contributed by atoms with Gasteiger partial charge in [-0.15, -0.1) is 0 Å². The first kappa shape index (κ1) is 12.9. The van der Waals surface area contributed by atoms with Crippen molar-refractivity contribution in [1.29, 1.82) is 0 Å². The first-order valence-corrected chi connectivity index (χ1v) is 5.71. The third-order valence-corrected chi connectivity index (χ3v) is 3.19. The Labute approximate surface area is 103 Å². The Balaban J connectivity index is 2.64. The van der Waals surface area contributed by atoms with E-state index >= 15 is 0 Å². The summed E-state index contributed by atoms with van der Waals surface area (Å²) in [6.45, 7) is 3.82. The van der Waals surface area contributed by atoms with E-state index in [4.69, 9.17) is 0 Å². The number of amides is 1. The molecule has 0 fully saturated rings. The molecule has 0 aliphatic carbocycles. The van der Waals surface area contributed by atoms with E-state index < -0.39 is 11.7 Å². The Hall–Kier alpha value is -1.52. The van der Waals surface area contributed by atoms with Crippen LogP contribution in [0.3, 0.4) is 0 Å². The van der Waals surface area contributed by atoms with E-state index in [2.05, 4.69) is 0 Å². The normalized spacial score (nSPS) is 15.5. The minimum absolute atomic E-state index is 0.175. The molecule has 0 aromatic heterocycles. The van der Waals surface area contributed by atoms with Crippen LogP contribution in [0.5, 0.6) is 0 Å². The van der Waals surface area contributed by atoms with Crippen molar-refractivity contribution in [3.8, 4) is 0 Å². The molecule has 0 atom stereocenters. The number of hydrogen-bond acceptors (Lipinski definition) is 1. The van der Waals surface area contributed by atoms with Crippen molar-refractivity contribution < 1.29 is 18.0 Å². The van der Waals surface area contributed by atoms with Crippen LogP contribution in [0.25, 0.3) is 0 Å². The average Bonchev–Trinajstić information content (AvgIpc) is 2.52. The van der Waals surface area contributed by atoms with E-state index in [-0.39, 0.29) is 23.0 Å². The second kappa shape index (κ2) is 4.00. The Kier molecular flexibility index (Phi) is 2.87. The van der Waals surface area contributed by atoms with Gasteiger partial charge in [0, 0.05) is 19.2 Å². The van der Waals surface area contributed by atoms with Gasteiger partial charge in [0.25, 0.3) is 5.91 Å². The first-order valence-electron chi connectivity index (χ1n) is 5.71. The van der Waals surface area contributed by atoms with Gasteiger partial charge >= 0.3 is 6.18 Å². The highest BCUT2D eigenvalue weighted by Crippen LogP contribution is 2.38. The lowest BCUT2D eigenvalue weighted by Gasteiger charge is -2.16. The number of benzene rings is 1. The highest BCUT2D eigenvalue weighted by Gasteiger charge is 2.37. The molecule has 2 rings (SSSR count). The molecule has 2 nitrogen and oxygen atoms in total. The van der Waals surface area contributed by atoms with E-state index in [9.17, 15) is 18.0 Å². The van der Waals surface area contributed by atoms with Crippen molar-refractivity contribution >= 4 is 5.91 Å². The Morgan fingerprint density at radius 3 is 2.39 bits per heavy atom. The molecular formula is C13H14F3NO. The fourth-order valence-corrected chi connectivity index (χ4v) is 2.25. The number of halogens is 3. The summed E-state index contributed by atoms with van der Waals surface area (Å²) in [5, 5.41) is 0. The zero-order valence-electron chi connectivity index (χ0n) is 10.4. The zero-order valence-corrected chi connectivity index (χ0v) is 10.4. The fraction of sp³-hybridized carbons (Fsp3) is 0.462. The maximum absolute atomic E-state index is 13.0. The van der Waals surface area contributed by atoms with Gasteiger partial charge in [-0.1, -0.05) is 19.9 Å². The third kappa shape index (κ3) is 1.98. The maximum Gasteiger partial charge on any atom is 0.416 e. The van der Waals surface area contributed by atoms with Gasteiger partial charge in [-0.3, -0.25) is 4.79 Å². The monoisotopic (exact) mass is 257 g/mol. The van der Waals surface area contributed by atoms with Crippen LogP contribution in [0.1, 0.15) is 46.8 Å². The van der Waals surface area contributed by atoms with Gasteiger partial charge in [-0.25, -0.2) is 0 Å². The molecule has 1 aliphatic rings. The van der Waals surface area contributed by atoms with E-state index in [1.54, 1.807) is 20.9 Å². The van der Waals surface area contributed by atoms with Gasteiger partial charge in [0.05, 0.1) is 5.56 Å². The lowest BCUT2D eigenvalue weighted by atomic mass is 9.92. The number of fused-ring (bicyclic) bond motifs is 1. The van der Waals surface area contributed by atoms with Crippen LogP contribution in [0.4, 0.5) is 13.2 Å².